The van der Waals surface area contributed by atoms with Crippen LogP contribution in [0.3, 0.4) is 0 Å². The van der Waals surface area contributed by atoms with E-state index in [1.807, 2.05) is 36.4 Å². The molecular formula is C6H8Ru. The van der Waals surface area contributed by atoms with E-state index in [1.165, 1.54) is 0 Å². The molecule has 0 aliphatic carbocycles. The molecule has 0 unspecified atom stereocenters. The van der Waals surface area contributed by atoms with E-state index in [4.69, 9.17) is 0 Å². The van der Waals surface area contributed by atoms with Crippen LogP contribution >= 0.6 is 0 Å². The Morgan fingerprint density at radius 2 is 0.714 bits per heavy atom. The van der Waals surface area contributed by atoms with Gasteiger partial charge in [0.25, 0.3) is 0 Å². The molecule has 0 fully saturated rings. The van der Waals surface area contributed by atoms with Gasteiger partial charge in [-0.2, -0.15) is 0 Å². The fourth-order valence-electron chi connectivity index (χ4n) is 0.385. The van der Waals surface area contributed by atoms with Crippen molar-refractivity contribution < 1.29 is 22.3 Å². The first kappa shape index (κ1) is 6.84. The molecule has 0 N–H and O–H groups in total. The molecule has 0 saturated carbocycles. The summed E-state index contributed by atoms with van der Waals surface area (Å²) in [5, 5.41) is 0. The molecule has 7 heavy (non-hydrogen) atoms. The average molecular weight is 181 g/mol. The van der Waals surface area contributed by atoms with Gasteiger partial charge in [0.05, 0.1) is 0 Å². The van der Waals surface area contributed by atoms with Gasteiger partial charge in [0.2, 0.25) is 0 Å². The molecule has 0 amide bonds. The number of rotatable bonds is 0. The van der Waals surface area contributed by atoms with Crippen molar-refractivity contribution in [3.63, 3.8) is 0 Å². The minimum atomic E-state index is 0. The summed E-state index contributed by atoms with van der Waals surface area (Å²) >= 11 is 0. The van der Waals surface area contributed by atoms with Crippen molar-refractivity contribution >= 4 is 0 Å². The van der Waals surface area contributed by atoms with Gasteiger partial charge in [-0.3, -0.25) is 0 Å². The Bertz CT molecular complexity index is 83.0. The molecule has 0 saturated heterocycles. The first-order valence-corrected chi connectivity index (χ1v) is 2.00. The number of benzene rings is 1. The first-order chi connectivity index (χ1) is 3.00. The van der Waals surface area contributed by atoms with Crippen LogP contribution in [0.2, 0.25) is 0 Å². The van der Waals surface area contributed by atoms with Gasteiger partial charge in [0.15, 0.2) is 0 Å². The van der Waals surface area contributed by atoms with Crippen LogP contribution in [0.15, 0.2) is 36.4 Å². The summed E-state index contributed by atoms with van der Waals surface area (Å²) in [4.78, 5) is 0. The fraction of sp³-hybridized carbons (Fsp3) is 0. The Kier molecular flexibility index (Phi) is 3.92. The summed E-state index contributed by atoms with van der Waals surface area (Å²) < 4.78 is 0. The molecule has 0 atom stereocenters. The fourth-order valence-corrected chi connectivity index (χ4v) is 0.385. The predicted molar refractivity (Wildman–Crippen MR) is 28.7 cm³/mol. The van der Waals surface area contributed by atoms with Crippen molar-refractivity contribution in [2.45, 2.75) is 0 Å². The quantitative estimate of drug-likeness (QED) is 0.536. The molecule has 1 rings (SSSR count). The molecule has 1 heteroatoms. The van der Waals surface area contributed by atoms with Crippen LogP contribution in [-0.2, 0) is 19.5 Å². The zero-order valence-corrected chi connectivity index (χ0v) is 5.56. The van der Waals surface area contributed by atoms with Gasteiger partial charge < -0.3 is 2.85 Å². The van der Waals surface area contributed by atoms with E-state index in [0.29, 0.717) is 0 Å². The predicted octanol–water partition coefficient (Wildman–Crippen LogP) is 1.91. The Morgan fingerprint density at radius 1 is 0.571 bits per heavy atom. The van der Waals surface area contributed by atoms with E-state index in [1.54, 1.807) is 0 Å². The van der Waals surface area contributed by atoms with Gasteiger partial charge in [0.1, 0.15) is 0 Å². The van der Waals surface area contributed by atoms with Gasteiger partial charge in [-0.05, 0) is 0 Å². The largest absolute Gasteiger partial charge is 2.00 e. The minimum Gasteiger partial charge on any atom is -1.00 e. The van der Waals surface area contributed by atoms with Crippen molar-refractivity contribution in [2.75, 3.05) is 0 Å². The van der Waals surface area contributed by atoms with E-state index in [0.717, 1.165) is 0 Å². The molecular weight excluding hydrogens is 173 g/mol. The molecule has 0 nitrogen and oxygen atoms in total. The summed E-state index contributed by atoms with van der Waals surface area (Å²) in [5.41, 5.74) is 0. The Morgan fingerprint density at radius 3 is 0.857 bits per heavy atom. The SMILES string of the molecule is [H-].[H-].[Ru+2].c1ccccc1. The average Bonchev–Trinajstić information content (AvgIpc) is 1.72. The Labute approximate surface area is 59.3 Å². The van der Waals surface area contributed by atoms with Gasteiger partial charge in [-0.15, -0.1) is 0 Å². The van der Waals surface area contributed by atoms with E-state index in [9.17, 15) is 0 Å². The Hall–Kier alpha value is -0.157. The summed E-state index contributed by atoms with van der Waals surface area (Å²) in [6.45, 7) is 0. The maximum absolute atomic E-state index is 2.00. The second-order valence-electron chi connectivity index (χ2n) is 1.15. The zero-order chi connectivity index (χ0) is 4.24. The Balaban J connectivity index is -0.000000120. The molecule has 0 radical (unpaired) electrons. The van der Waals surface area contributed by atoms with Crippen molar-refractivity contribution in [1.29, 1.82) is 0 Å². The van der Waals surface area contributed by atoms with Crippen LogP contribution in [0.5, 0.6) is 0 Å². The molecule has 0 aliphatic heterocycles. The van der Waals surface area contributed by atoms with Crippen LogP contribution in [0.25, 0.3) is 0 Å². The van der Waals surface area contributed by atoms with Crippen molar-refractivity contribution in [3.8, 4) is 0 Å². The molecule has 0 aliphatic rings. The first-order valence-electron chi connectivity index (χ1n) is 2.00. The molecule has 1 aromatic carbocycles. The van der Waals surface area contributed by atoms with E-state index in [-0.39, 0.29) is 22.3 Å². The van der Waals surface area contributed by atoms with E-state index in [2.05, 4.69) is 0 Å². The molecule has 0 spiro atoms. The molecule has 0 heterocycles. The molecule has 0 bridgehead atoms. The summed E-state index contributed by atoms with van der Waals surface area (Å²) in [5.74, 6) is 0. The van der Waals surface area contributed by atoms with Crippen molar-refractivity contribution in [1.82, 2.24) is 0 Å². The van der Waals surface area contributed by atoms with Crippen molar-refractivity contribution in [3.05, 3.63) is 36.4 Å². The summed E-state index contributed by atoms with van der Waals surface area (Å²) in [6.07, 6.45) is 0. The van der Waals surface area contributed by atoms with Crippen molar-refractivity contribution in [2.24, 2.45) is 0 Å². The third kappa shape index (κ3) is 2.53. The maximum atomic E-state index is 2.00. The second kappa shape index (κ2) is 4.01. The molecule has 40 valence electrons. The van der Waals surface area contributed by atoms with Crippen LogP contribution < -0.4 is 0 Å². The molecule has 0 aromatic heterocycles. The van der Waals surface area contributed by atoms with Crippen LogP contribution in [0.4, 0.5) is 0 Å². The van der Waals surface area contributed by atoms with Gasteiger partial charge in [0, 0.05) is 0 Å². The van der Waals surface area contributed by atoms with Gasteiger partial charge in [-0.25, -0.2) is 0 Å². The maximum Gasteiger partial charge on any atom is 2.00 e. The van der Waals surface area contributed by atoms with E-state index >= 15 is 0 Å². The third-order valence-electron chi connectivity index (χ3n) is 0.667. The van der Waals surface area contributed by atoms with Crippen LogP contribution in [-0.4, -0.2) is 0 Å². The van der Waals surface area contributed by atoms with Gasteiger partial charge in [-0.1, -0.05) is 36.4 Å². The third-order valence-corrected chi connectivity index (χ3v) is 0.667. The standard InChI is InChI=1S/C6H6.Ru.2H/c1-2-4-6-5-3-1;;;/h1-6H;;;/q;+2;2*-1. The normalized spacial score (nSPS) is 6.86. The van der Waals surface area contributed by atoms with Crippen LogP contribution in [0.1, 0.15) is 2.85 Å². The smallest absolute Gasteiger partial charge is 1.00 e. The second-order valence-corrected chi connectivity index (χ2v) is 1.15. The zero-order valence-electron chi connectivity index (χ0n) is 5.82. The monoisotopic (exact) mass is 182 g/mol. The minimum absolute atomic E-state index is 0. The summed E-state index contributed by atoms with van der Waals surface area (Å²) in [6, 6.07) is 12.0. The van der Waals surface area contributed by atoms with E-state index < -0.39 is 0 Å². The summed E-state index contributed by atoms with van der Waals surface area (Å²) in [7, 11) is 0. The van der Waals surface area contributed by atoms with Gasteiger partial charge >= 0.3 is 19.5 Å². The topological polar surface area (TPSA) is 0 Å². The number of hydrogen-bond acceptors (Lipinski definition) is 0. The number of hydrogen-bond donors (Lipinski definition) is 0. The molecule has 1 aromatic rings. The van der Waals surface area contributed by atoms with Crippen LogP contribution in [0, 0.1) is 0 Å².